The molecular weight excluding hydrogens is 218 g/mol. The summed E-state index contributed by atoms with van der Waals surface area (Å²) >= 11 is 0. The first-order valence-corrected chi connectivity index (χ1v) is 5.78. The zero-order valence-electron chi connectivity index (χ0n) is 9.93. The van der Waals surface area contributed by atoms with Crippen LogP contribution < -0.4 is 10.6 Å². The minimum atomic E-state index is -0.224. The molecule has 5 heteroatoms. The molecule has 0 bridgehead atoms. The second-order valence-electron chi connectivity index (χ2n) is 4.16. The van der Waals surface area contributed by atoms with Crippen LogP contribution in [0.15, 0.2) is 18.5 Å². The van der Waals surface area contributed by atoms with E-state index in [1.165, 1.54) is 7.11 Å². The maximum absolute atomic E-state index is 11.7. The number of hydrogen-bond donors (Lipinski definition) is 1. The smallest absolute Gasteiger partial charge is 0.328 e. The molecule has 2 heterocycles. The number of nitrogen functional groups attached to an aromatic ring is 1. The number of methoxy groups -OCH3 is 1. The lowest BCUT2D eigenvalue weighted by atomic mass is 10.0. The van der Waals surface area contributed by atoms with Crippen molar-refractivity contribution in [2.24, 2.45) is 0 Å². The summed E-state index contributed by atoms with van der Waals surface area (Å²) in [5.74, 6) is -0.194. The Labute approximate surface area is 101 Å². The van der Waals surface area contributed by atoms with Crippen LogP contribution >= 0.6 is 0 Å². The minimum Gasteiger partial charge on any atom is -0.467 e. The monoisotopic (exact) mass is 235 g/mol. The van der Waals surface area contributed by atoms with Gasteiger partial charge in [-0.2, -0.15) is 0 Å². The van der Waals surface area contributed by atoms with E-state index < -0.39 is 0 Å². The quantitative estimate of drug-likeness (QED) is 0.780. The molecule has 0 saturated carbocycles. The highest BCUT2D eigenvalue weighted by atomic mass is 16.5. The van der Waals surface area contributed by atoms with Gasteiger partial charge in [-0.05, 0) is 25.3 Å². The standard InChI is InChI=1S/C12H17N3O2/c1-17-12(16)11-4-2-3-7-15(11)10-5-6-14-8-9(10)13/h5-6,8,11H,2-4,7,13H2,1H3. The van der Waals surface area contributed by atoms with Gasteiger partial charge in [0.25, 0.3) is 0 Å². The summed E-state index contributed by atoms with van der Waals surface area (Å²) in [7, 11) is 1.42. The fraction of sp³-hybridized carbons (Fsp3) is 0.500. The lowest BCUT2D eigenvalue weighted by Crippen LogP contribution is -2.45. The largest absolute Gasteiger partial charge is 0.467 e. The van der Waals surface area contributed by atoms with E-state index in [2.05, 4.69) is 4.98 Å². The van der Waals surface area contributed by atoms with E-state index in [9.17, 15) is 4.79 Å². The molecule has 1 aliphatic heterocycles. The van der Waals surface area contributed by atoms with E-state index in [-0.39, 0.29) is 12.0 Å². The molecule has 0 amide bonds. The Morgan fingerprint density at radius 2 is 2.41 bits per heavy atom. The van der Waals surface area contributed by atoms with Crippen molar-refractivity contribution in [2.45, 2.75) is 25.3 Å². The van der Waals surface area contributed by atoms with Crippen LogP contribution in [-0.4, -0.2) is 30.6 Å². The zero-order valence-corrected chi connectivity index (χ0v) is 9.93. The lowest BCUT2D eigenvalue weighted by Gasteiger charge is -2.36. The summed E-state index contributed by atoms with van der Waals surface area (Å²) in [6.45, 7) is 0.827. The van der Waals surface area contributed by atoms with Crippen molar-refractivity contribution in [2.75, 3.05) is 24.3 Å². The Morgan fingerprint density at radius 1 is 1.59 bits per heavy atom. The van der Waals surface area contributed by atoms with Crippen LogP contribution in [0.2, 0.25) is 0 Å². The van der Waals surface area contributed by atoms with Gasteiger partial charge >= 0.3 is 5.97 Å². The average Bonchev–Trinajstić information content (AvgIpc) is 2.38. The van der Waals surface area contributed by atoms with E-state index in [0.717, 1.165) is 31.5 Å². The summed E-state index contributed by atoms with van der Waals surface area (Å²) < 4.78 is 4.84. The first kappa shape index (κ1) is 11.7. The number of aromatic nitrogens is 1. The normalized spacial score (nSPS) is 20.1. The highest BCUT2D eigenvalue weighted by Crippen LogP contribution is 2.29. The lowest BCUT2D eigenvalue weighted by molar-refractivity contribution is -0.142. The molecular formula is C12H17N3O2. The molecule has 1 saturated heterocycles. The van der Waals surface area contributed by atoms with Gasteiger partial charge in [-0.3, -0.25) is 4.98 Å². The van der Waals surface area contributed by atoms with Crippen molar-refractivity contribution in [1.29, 1.82) is 0 Å². The van der Waals surface area contributed by atoms with Crippen molar-refractivity contribution >= 4 is 17.3 Å². The molecule has 1 aliphatic rings. The van der Waals surface area contributed by atoms with E-state index in [1.54, 1.807) is 12.4 Å². The topological polar surface area (TPSA) is 68.5 Å². The van der Waals surface area contributed by atoms with Crippen molar-refractivity contribution in [3.8, 4) is 0 Å². The van der Waals surface area contributed by atoms with E-state index in [0.29, 0.717) is 5.69 Å². The Balaban J connectivity index is 2.28. The van der Waals surface area contributed by atoms with Crippen LogP contribution in [0.4, 0.5) is 11.4 Å². The number of carbonyl (C=O) groups is 1. The Kier molecular flexibility index (Phi) is 3.46. The summed E-state index contributed by atoms with van der Waals surface area (Å²) in [5.41, 5.74) is 7.37. The van der Waals surface area contributed by atoms with Gasteiger partial charge in [0.05, 0.1) is 24.7 Å². The summed E-state index contributed by atoms with van der Waals surface area (Å²) in [6.07, 6.45) is 6.22. The van der Waals surface area contributed by atoms with Crippen molar-refractivity contribution in [3.63, 3.8) is 0 Å². The van der Waals surface area contributed by atoms with Gasteiger partial charge in [-0.25, -0.2) is 4.79 Å². The van der Waals surface area contributed by atoms with Gasteiger partial charge in [0, 0.05) is 12.7 Å². The minimum absolute atomic E-state index is 0.194. The average molecular weight is 235 g/mol. The number of hydrogen-bond acceptors (Lipinski definition) is 5. The molecule has 1 aromatic heterocycles. The second-order valence-corrected chi connectivity index (χ2v) is 4.16. The molecule has 0 aliphatic carbocycles. The van der Waals surface area contributed by atoms with E-state index in [4.69, 9.17) is 10.5 Å². The molecule has 5 nitrogen and oxygen atoms in total. The molecule has 0 radical (unpaired) electrons. The van der Waals surface area contributed by atoms with Crippen LogP contribution in [0.25, 0.3) is 0 Å². The third kappa shape index (κ3) is 2.33. The zero-order chi connectivity index (χ0) is 12.3. The first-order valence-electron chi connectivity index (χ1n) is 5.78. The number of anilines is 2. The molecule has 2 rings (SSSR count). The molecule has 0 spiro atoms. The molecule has 1 fully saturated rings. The SMILES string of the molecule is COC(=O)C1CCCCN1c1ccncc1N. The molecule has 0 aromatic carbocycles. The van der Waals surface area contributed by atoms with Crippen molar-refractivity contribution < 1.29 is 9.53 Å². The van der Waals surface area contributed by atoms with Gasteiger partial charge in [-0.1, -0.05) is 0 Å². The molecule has 1 atom stereocenters. The van der Waals surface area contributed by atoms with Crippen LogP contribution in [0.3, 0.4) is 0 Å². The number of piperidine rings is 1. The number of nitrogens with two attached hydrogens (primary N) is 1. The Hall–Kier alpha value is -1.78. The van der Waals surface area contributed by atoms with Crippen LogP contribution in [0.1, 0.15) is 19.3 Å². The van der Waals surface area contributed by atoms with Gasteiger partial charge < -0.3 is 15.4 Å². The number of nitrogens with zero attached hydrogens (tertiary/aromatic N) is 2. The predicted octanol–water partition coefficient (Wildman–Crippen LogP) is 1.20. The molecule has 2 N–H and O–H groups in total. The van der Waals surface area contributed by atoms with Crippen molar-refractivity contribution in [3.05, 3.63) is 18.5 Å². The Morgan fingerprint density at radius 3 is 3.12 bits per heavy atom. The van der Waals surface area contributed by atoms with Crippen LogP contribution in [-0.2, 0) is 9.53 Å². The van der Waals surface area contributed by atoms with Crippen molar-refractivity contribution in [1.82, 2.24) is 4.98 Å². The number of carbonyl (C=O) groups excluding carboxylic acids is 1. The van der Waals surface area contributed by atoms with E-state index >= 15 is 0 Å². The Bertz CT molecular complexity index is 408. The summed E-state index contributed by atoms with van der Waals surface area (Å²) in [4.78, 5) is 17.7. The molecule has 1 aromatic rings. The number of ether oxygens (including phenoxy) is 1. The van der Waals surface area contributed by atoms with Gasteiger partial charge in [0.15, 0.2) is 0 Å². The van der Waals surface area contributed by atoms with Gasteiger partial charge in [-0.15, -0.1) is 0 Å². The second kappa shape index (κ2) is 5.03. The fourth-order valence-corrected chi connectivity index (χ4v) is 2.26. The third-order valence-electron chi connectivity index (χ3n) is 3.11. The molecule has 92 valence electrons. The van der Waals surface area contributed by atoms with Gasteiger partial charge in [0.1, 0.15) is 6.04 Å². The predicted molar refractivity (Wildman–Crippen MR) is 65.7 cm³/mol. The summed E-state index contributed by atoms with van der Waals surface area (Å²) in [5, 5.41) is 0. The molecule has 1 unspecified atom stereocenters. The third-order valence-corrected chi connectivity index (χ3v) is 3.11. The van der Waals surface area contributed by atoms with Gasteiger partial charge in [0.2, 0.25) is 0 Å². The number of pyridine rings is 1. The highest BCUT2D eigenvalue weighted by Gasteiger charge is 2.30. The number of esters is 1. The highest BCUT2D eigenvalue weighted by molar-refractivity contribution is 5.82. The van der Waals surface area contributed by atoms with Crippen LogP contribution in [0.5, 0.6) is 0 Å². The van der Waals surface area contributed by atoms with Crippen LogP contribution in [0, 0.1) is 0 Å². The fourth-order valence-electron chi connectivity index (χ4n) is 2.26. The first-order chi connectivity index (χ1) is 8.24. The van der Waals surface area contributed by atoms with E-state index in [1.807, 2.05) is 11.0 Å². The number of rotatable bonds is 2. The molecule has 17 heavy (non-hydrogen) atoms. The maximum atomic E-state index is 11.7. The summed E-state index contributed by atoms with van der Waals surface area (Å²) in [6, 6.07) is 1.62. The maximum Gasteiger partial charge on any atom is 0.328 e.